The van der Waals surface area contributed by atoms with Gasteiger partial charge in [0.05, 0.1) is 6.61 Å². The topological polar surface area (TPSA) is 47.5 Å². The van der Waals surface area contributed by atoms with E-state index in [0.717, 1.165) is 31.0 Å². The van der Waals surface area contributed by atoms with E-state index in [1.807, 2.05) is 30.3 Å². The number of halogens is 3. The lowest BCUT2D eigenvalue weighted by atomic mass is 10.2. The summed E-state index contributed by atoms with van der Waals surface area (Å²) < 4.78 is 52.2. The predicted molar refractivity (Wildman–Crippen MR) is 117 cm³/mol. The van der Waals surface area contributed by atoms with Gasteiger partial charge in [0.2, 0.25) is 0 Å². The number of nitrogens with zero attached hydrogens (tertiary/aromatic N) is 3. The number of rotatable bonds is 10. The lowest BCUT2D eigenvalue weighted by Crippen LogP contribution is -2.19. The summed E-state index contributed by atoms with van der Waals surface area (Å²) in [6, 6.07) is 16.1. The van der Waals surface area contributed by atoms with Crippen LogP contribution >= 0.6 is 0 Å². The van der Waals surface area contributed by atoms with E-state index in [2.05, 4.69) is 16.9 Å². The van der Waals surface area contributed by atoms with Gasteiger partial charge in [0.1, 0.15) is 17.9 Å². The van der Waals surface area contributed by atoms with E-state index in [0.29, 0.717) is 18.0 Å². The molecule has 3 aromatic rings. The van der Waals surface area contributed by atoms with Crippen LogP contribution in [-0.2, 0) is 12.8 Å². The zero-order valence-corrected chi connectivity index (χ0v) is 18.1. The molecule has 0 saturated carbocycles. The van der Waals surface area contributed by atoms with E-state index in [-0.39, 0.29) is 18.4 Å². The fourth-order valence-electron chi connectivity index (χ4n) is 3.05. The molecule has 1 aromatic heterocycles. The first-order valence-electron chi connectivity index (χ1n) is 10.5. The lowest BCUT2D eigenvalue weighted by Gasteiger charge is -2.23. The third kappa shape index (κ3) is 6.35. The molecular formula is C24H26F3N3O2. The van der Waals surface area contributed by atoms with Crippen molar-refractivity contribution in [3.05, 3.63) is 71.9 Å². The molecule has 0 saturated heterocycles. The van der Waals surface area contributed by atoms with Gasteiger partial charge in [0.25, 0.3) is 0 Å². The fourth-order valence-corrected chi connectivity index (χ4v) is 3.05. The first kappa shape index (κ1) is 23.4. The Balaban J connectivity index is 1.83. The Morgan fingerprint density at radius 3 is 2.47 bits per heavy atom. The maximum absolute atomic E-state index is 13.7. The molecule has 0 aliphatic carbocycles. The monoisotopic (exact) mass is 445 g/mol. The number of hydrogen-bond acceptors (Lipinski definition) is 5. The van der Waals surface area contributed by atoms with Crippen LogP contribution in [-0.4, -0.2) is 23.6 Å². The number of unbranched alkanes of at least 4 members (excludes halogenated alkanes) is 2. The van der Waals surface area contributed by atoms with Gasteiger partial charge in [0, 0.05) is 25.0 Å². The summed E-state index contributed by atoms with van der Waals surface area (Å²) in [5.74, 6) is 0.298. The van der Waals surface area contributed by atoms with Gasteiger partial charge < -0.3 is 14.4 Å². The minimum atomic E-state index is -4.62. The summed E-state index contributed by atoms with van der Waals surface area (Å²) in [6.07, 6.45) is -0.807. The third-order valence-corrected chi connectivity index (χ3v) is 4.80. The number of hydrogen-bond donors (Lipinski definition) is 0. The highest BCUT2D eigenvalue weighted by Crippen LogP contribution is 2.38. The molecule has 0 amide bonds. The minimum Gasteiger partial charge on any atom is -0.494 e. The third-order valence-electron chi connectivity index (χ3n) is 4.80. The number of ether oxygens (including phenoxy) is 2. The van der Waals surface area contributed by atoms with Crippen LogP contribution in [0.5, 0.6) is 11.8 Å². The molecule has 0 aliphatic rings. The van der Waals surface area contributed by atoms with Gasteiger partial charge in [-0.2, -0.15) is 18.2 Å². The van der Waals surface area contributed by atoms with Gasteiger partial charge in [-0.05, 0) is 24.1 Å². The Kier molecular flexibility index (Phi) is 7.92. The van der Waals surface area contributed by atoms with Crippen molar-refractivity contribution in [3.8, 4) is 11.8 Å². The van der Waals surface area contributed by atoms with Crippen molar-refractivity contribution >= 4 is 11.5 Å². The molecule has 0 N–H and O–H groups in total. The van der Waals surface area contributed by atoms with Crippen LogP contribution in [0.4, 0.5) is 24.7 Å². The van der Waals surface area contributed by atoms with E-state index < -0.39 is 11.7 Å². The molecule has 0 unspecified atom stereocenters. The Bertz CT molecular complexity index is 997. The Morgan fingerprint density at radius 2 is 1.75 bits per heavy atom. The van der Waals surface area contributed by atoms with Crippen molar-refractivity contribution in [2.75, 3.05) is 18.6 Å². The van der Waals surface area contributed by atoms with Crippen molar-refractivity contribution in [1.29, 1.82) is 0 Å². The van der Waals surface area contributed by atoms with E-state index in [1.165, 1.54) is 11.9 Å². The highest BCUT2D eigenvalue weighted by molar-refractivity contribution is 5.64. The molecule has 170 valence electrons. The van der Waals surface area contributed by atoms with Gasteiger partial charge in [0.15, 0.2) is 5.82 Å². The summed E-state index contributed by atoms with van der Waals surface area (Å²) in [6.45, 7) is 2.81. The average Bonchev–Trinajstić information content (AvgIpc) is 2.80. The van der Waals surface area contributed by atoms with Crippen LogP contribution in [0.2, 0.25) is 0 Å². The second-order valence-corrected chi connectivity index (χ2v) is 7.27. The zero-order chi connectivity index (χ0) is 23.0. The number of benzene rings is 2. The molecule has 5 nitrogen and oxygen atoms in total. The van der Waals surface area contributed by atoms with Gasteiger partial charge >= 0.3 is 12.2 Å². The van der Waals surface area contributed by atoms with Crippen molar-refractivity contribution < 1.29 is 22.6 Å². The maximum atomic E-state index is 13.7. The number of anilines is 2. The number of aromatic nitrogens is 2. The Labute approximate surface area is 185 Å². The fraction of sp³-hybridized carbons (Fsp3) is 0.333. The van der Waals surface area contributed by atoms with Gasteiger partial charge in [-0.15, -0.1) is 0 Å². The summed E-state index contributed by atoms with van der Waals surface area (Å²) in [4.78, 5) is 9.21. The highest BCUT2D eigenvalue weighted by atomic mass is 19.4. The smallest absolute Gasteiger partial charge is 0.421 e. The Hall–Kier alpha value is -3.29. The molecule has 0 radical (unpaired) electrons. The van der Waals surface area contributed by atoms with Crippen LogP contribution in [0.1, 0.15) is 37.3 Å². The molecule has 0 atom stereocenters. The van der Waals surface area contributed by atoms with Crippen molar-refractivity contribution in [1.82, 2.24) is 9.97 Å². The largest absolute Gasteiger partial charge is 0.494 e. The Morgan fingerprint density at radius 1 is 0.969 bits per heavy atom. The molecule has 1 heterocycles. The van der Waals surface area contributed by atoms with E-state index >= 15 is 0 Å². The summed E-state index contributed by atoms with van der Waals surface area (Å²) >= 11 is 0. The van der Waals surface area contributed by atoms with Crippen LogP contribution in [0, 0.1) is 0 Å². The molecule has 0 spiro atoms. The number of alkyl halides is 3. The predicted octanol–water partition coefficient (Wildman–Crippen LogP) is 6.41. The second-order valence-electron chi connectivity index (χ2n) is 7.27. The standard InChI is InChI=1S/C24H26F3N3O2/c1-3-4-8-14-31-20-13-9-12-19(15-20)30(2)22-21(24(25,26)27)16-28-23(29-22)32-17-18-10-6-5-7-11-18/h5-7,9-13,15-16H,3-4,8,14,17H2,1-2H3. The van der Waals surface area contributed by atoms with Crippen LogP contribution < -0.4 is 14.4 Å². The van der Waals surface area contributed by atoms with Gasteiger partial charge in [-0.1, -0.05) is 56.2 Å². The molecule has 8 heteroatoms. The summed E-state index contributed by atoms with van der Waals surface area (Å²) in [5.41, 5.74) is 0.427. The van der Waals surface area contributed by atoms with Crippen LogP contribution in [0.15, 0.2) is 60.8 Å². The molecule has 0 bridgehead atoms. The molecular weight excluding hydrogens is 419 g/mol. The van der Waals surface area contributed by atoms with Gasteiger partial charge in [-0.25, -0.2) is 4.98 Å². The molecule has 3 rings (SSSR count). The van der Waals surface area contributed by atoms with Crippen LogP contribution in [0.25, 0.3) is 0 Å². The zero-order valence-electron chi connectivity index (χ0n) is 18.1. The van der Waals surface area contributed by atoms with E-state index in [9.17, 15) is 13.2 Å². The average molecular weight is 445 g/mol. The lowest BCUT2D eigenvalue weighted by molar-refractivity contribution is -0.137. The first-order valence-corrected chi connectivity index (χ1v) is 10.5. The normalized spacial score (nSPS) is 11.3. The van der Waals surface area contributed by atoms with Crippen LogP contribution in [0.3, 0.4) is 0 Å². The molecule has 2 aromatic carbocycles. The second kappa shape index (κ2) is 10.8. The molecule has 0 aliphatic heterocycles. The molecule has 0 fully saturated rings. The molecule has 32 heavy (non-hydrogen) atoms. The minimum absolute atomic E-state index is 0.129. The van der Waals surface area contributed by atoms with Crippen molar-refractivity contribution in [2.45, 2.75) is 39.0 Å². The summed E-state index contributed by atoms with van der Waals surface area (Å²) in [5, 5.41) is 0. The first-order chi connectivity index (χ1) is 15.4. The quantitative estimate of drug-likeness (QED) is 0.338. The highest BCUT2D eigenvalue weighted by Gasteiger charge is 2.36. The van der Waals surface area contributed by atoms with Gasteiger partial charge in [-0.3, -0.25) is 0 Å². The van der Waals surface area contributed by atoms with E-state index in [4.69, 9.17) is 9.47 Å². The van der Waals surface area contributed by atoms with Crippen molar-refractivity contribution in [2.24, 2.45) is 0 Å². The van der Waals surface area contributed by atoms with Crippen molar-refractivity contribution in [3.63, 3.8) is 0 Å². The maximum Gasteiger partial charge on any atom is 0.421 e. The summed E-state index contributed by atoms with van der Waals surface area (Å²) in [7, 11) is 1.52. The van der Waals surface area contributed by atoms with E-state index in [1.54, 1.807) is 24.3 Å². The SMILES string of the molecule is CCCCCOc1cccc(N(C)c2nc(OCc3ccccc3)ncc2C(F)(F)F)c1.